The summed E-state index contributed by atoms with van der Waals surface area (Å²) in [6.45, 7) is 3.70. The van der Waals surface area contributed by atoms with Gasteiger partial charge < -0.3 is 20.4 Å². The molecule has 0 aromatic carbocycles. The minimum atomic E-state index is -0.548. The molecule has 108 valence electrons. The molecule has 1 aromatic heterocycles. The topological polar surface area (TPSA) is 100 Å². The van der Waals surface area contributed by atoms with Gasteiger partial charge in [0.25, 0.3) is 0 Å². The number of carbonyl (C=O) groups excluding carboxylic acids is 3. The Bertz CT molecular complexity index is 550. The van der Waals surface area contributed by atoms with Gasteiger partial charge in [-0.1, -0.05) is 0 Å². The quantitative estimate of drug-likeness (QED) is 0.707. The summed E-state index contributed by atoms with van der Waals surface area (Å²) < 4.78 is 4.95. The van der Waals surface area contributed by atoms with E-state index in [0.29, 0.717) is 29.8 Å². The summed E-state index contributed by atoms with van der Waals surface area (Å²) in [4.78, 5) is 37.8. The van der Waals surface area contributed by atoms with Gasteiger partial charge in [-0.2, -0.15) is 0 Å². The first-order valence-electron chi connectivity index (χ1n) is 6.48. The van der Waals surface area contributed by atoms with E-state index in [9.17, 15) is 14.4 Å². The number of carbonyl (C=O) groups is 3. The number of esters is 1. The maximum Gasteiger partial charge on any atom is 0.342 e. The Morgan fingerprint density at radius 2 is 2.25 bits per heavy atom. The lowest BCUT2D eigenvalue weighted by molar-refractivity contribution is -0.122. The van der Waals surface area contributed by atoms with Gasteiger partial charge in [0.05, 0.1) is 12.3 Å². The van der Waals surface area contributed by atoms with E-state index in [-0.39, 0.29) is 18.4 Å². The van der Waals surface area contributed by atoms with Crippen LogP contribution in [0.25, 0.3) is 0 Å². The van der Waals surface area contributed by atoms with Crippen LogP contribution >= 0.6 is 0 Å². The smallest absolute Gasteiger partial charge is 0.342 e. The van der Waals surface area contributed by atoms with Crippen molar-refractivity contribution in [1.82, 2.24) is 10.3 Å². The normalized spacial score (nSPS) is 17.7. The Hall–Kier alpha value is -2.31. The number of rotatable bonds is 4. The van der Waals surface area contributed by atoms with Crippen molar-refractivity contribution < 1.29 is 19.1 Å². The third kappa shape index (κ3) is 2.81. The minimum absolute atomic E-state index is 0.138. The van der Waals surface area contributed by atoms with E-state index in [2.05, 4.69) is 15.6 Å². The molecule has 0 spiro atoms. The molecule has 2 rings (SSSR count). The van der Waals surface area contributed by atoms with Gasteiger partial charge in [-0.25, -0.2) is 4.79 Å². The van der Waals surface area contributed by atoms with E-state index in [1.807, 2.05) is 0 Å². The summed E-state index contributed by atoms with van der Waals surface area (Å²) in [5.41, 5.74) is 1.30. The van der Waals surface area contributed by atoms with Crippen LogP contribution in [0.15, 0.2) is 6.20 Å². The lowest BCUT2D eigenvalue weighted by Crippen LogP contribution is -2.37. The molecule has 2 amide bonds. The Kier molecular flexibility index (Phi) is 4.07. The van der Waals surface area contributed by atoms with Gasteiger partial charge in [0.1, 0.15) is 11.6 Å². The van der Waals surface area contributed by atoms with E-state index in [0.717, 1.165) is 0 Å². The van der Waals surface area contributed by atoms with Crippen LogP contribution in [0.1, 0.15) is 35.8 Å². The fourth-order valence-corrected chi connectivity index (χ4v) is 2.12. The molecule has 1 aliphatic rings. The van der Waals surface area contributed by atoms with Gasteiger partial charge in [-0.3, -0.25) is 9.59 Å². The number of aromatic amines is 1. The second-order valence-electron chi connectivity index (χ2n) is 4.57. The van der Waals surface area contributed by atoms with E-state index < -0.39 is 12.0 Å². The highest BCUT2D eigenvalue weighted by Gasteiger charge is 2.28. The Morgan fingerprint density at radius 3 is 2.85 bits per heavy atom. The number of anilines is 1. The molecule has 7 nitrogen and oxygen atoms in total. The standard InChI is InChI=1S/C13H17N3O4/c1-3-20-13(19)11-7(2)14-6-9(11)16-12(18)8-4-5-10(17)15-8/h6,8,14H,3-5H2,1-2H3,(H,15,17)(H,16,18). The predicted molar refractivity (Wildman–Crippen MR) is 71.3 cm³/mol. The molecule has 0 aliphatic carbocycles. The highest BCUT2D eigenvalue weighted by Crippen LogP contribution is 2.21. The second kappa shape index (κ2) is 5.77. The molecule has 1 aromatic rings. The zero-order valence-electron chi connectivity index (χ0n) is 11.4. The van der Waals surface area contributed by atoms with Crippen LogP contribution in [-0.2, 0) is 14.3 Å². The van der Waals surface area contributed by atoms with Gasteiger partial charge in [-0.15, -0.1) is 0 Å². The highest BCUT2D eigenvalue weighted by molar-refractivity contribution is 6.05. The van der Waals surface area contributed by atoms with Crippen molar-refractivity contribution in [2.24, 2.45) is 0 Å². The molecule has 20 heavy (non-hydrogen) atoms. The molecule has 0 radical (unpaired) electrons. The molecular formula is C13H17N3O4. The molecular weight excluding hydrogens is 262 g/mol. The van der Waals surface area contributed by atoms with Crippen molar-refractivity contribution in [2.45, 2.75) is 32.7 Å². The number of amides is 2. The number of H-pyrrole nitrogens is 1. The summed E-state index contributed by atoms with van der Waals surface area (Å²) in [5.74, 6) is -0.960. The van der Waals surface area contributed by atoms with E-state index in [1.54, 1.807) is 13.8 Å². The lowest BCUT2D eigenvalue weighted by Gasteiger charge is -2.11. The Balaban J connectivity index is 2.11. The second-order valence-corrected chi connectivity index (χ2v) is 4.57. The van der Waals surface area contributed by atoms with Crippen LogP contribution in [-0.4, -0.2) is 35.4 Å². The van der Waals surface area contributed by atoms with E-state index >= 15 is 0 Å². The van der Waals surface area contributed by atoms with Crippen molar-refractivity contribution in [3.05, 3.63) is 17.5 Å². The lowest BCUT2D eigenvalue weighted by atomic mass is 10.2. The van der Waals surface area contributed by atoms with Crippen molar-refractivity contribution in [2.75, 3.05) is 11.9 Å². The number of nitrogens with one attached hydrogen (secondary N) is 3. The zero-order chi connectivity index (χ0) is 14.7. The summed E-state index contributed by atoms with van der Waals surface area (Å²) >= 11 is 0. The van der Waals surface area contributed by atoms with Crippen LogP contribution < -0.4 is 10.6 Å². The third-order valence-corrected chi connectivity index (χ3v) is 3.13. The summed E-state index contributed by atoms with van der Waals surface area (Å²) in [5, 5.41) is 5.22. The highest BCUT2D eigenvalue weighted by atomic mass is 16.5. The van der Waals surface area contributed by atoms with E-state index in [4.69, 9.17) is 4.74 Å². The van der Waals surface area contributed by atoms with Gasteiger partial charge in [0.15, 0.2) is 0 Å². The van der Waals surface area contributed by atoms with Crippen LogP contribution in [0.4, 0.5) is 5.69 Å². The number of aromatic nitrogens is 1. The molecule has 7 heteroatoms. The van der Waals surface area contributed by atoms with E-state index in [1.165, 1.54) is 6.20 Å². The molecule has 0 bridgehead atoms. The molecule has 0 saturated carbocycles. The van der Waals surface area contributed by atoms with Crippen LogP contribution in [0, 0.1) is 6.92 Å². The monoisotopic (exact) mass is 279 g/mol. The number of hydrogen-bond donors (Lipinski definition) is 3. The zero-order valence-corrected chi connectivity index (χ0v) is 11.4. The van der Waals surface area contributed by atoms with Crippen molar-refractivity contribution in [1.29, 1.82) is 0 Å². The van der Waals surface area contributed by atoms with Gasteiger partial charge >= 0.3 is 5.97 Å². The predicted octanol–water partition coefficient (Wildman–Crippen LogP) is 0.717. The Labute approximate surface area is 116 Å². The van der Waals surface area contributed by atoms with Crippen molar-refractivity contribution in [3.63, 3.8) is 0 Å². The average molecular weight is 279 g/mol. The van der Waals surface area contributed by atoms with Crippen molar-refractivity contribution in [3.8, 4) is 0 Å². The first-order valence-corrected chi connectivity index (χ1v) is 6.48. The van der Waals surface area contributed by atoms with Gasteiger partial charge in [-0.05, 0) is 20.3 Å². The molecule has 1 atom stereocenters. The third-order valence-electron chi connectivity index (χ3n) is 3.13. The maximum absolute atomic E-state index is 12.0. The molecule has 1 saturated heterocycles. The van der Waals surface area contributed by atoms with Crippen LogP contribution in [0.2, 0.25) is 0 Å². The minimum Gasteiger partial charge on any atom is -0.462 e. The fourth-order valence-electron chi connectivity index (χ4n) is 2.12. The molecule has 3 N–H and O–H groups in total. The summed E-state index contributed by atoms with van der Waals surface area (Å²) in [6, 6.07) is -0.548. The van der Waals surface area contributed by atoms with Crippen LogP contribution in [0.3, 0.4) is 0 Å². The summed E-state index contributed by atoms with van der Waals surface area (Å²) in [6.07, 6.45) is 2.34. The molecule has 1 aliphatic heterocycles. The first-order chi connectivity index (χ1) is 9.52. The average Bonchev–Trinajstić information content (AvgIpc) is 2.96. The molecule has 1 fully saturated rings. The van der Waals surface area contributed by atoms with Gasteiger partial charge in [0, 0.05) is 18.3 Å². The number of ether oxygens (including phenoxy) is 1. The molecule has 2 heterocycles. The van der Waals surface area contributed by atoms with Gasteiger partial charge in [0.2, 0.25) is 11.8 Å². The SMILES string of the molecule is CCOC(=O)c1c(NC(=O)C2CCC(=O)N2)c[nH]c1C. The first kappa shape index (κ1) is 14.1. The fraction of sp³-hybridized carbons (Fsp3) is 0.462. The number of aryl methyl sites for hydroxylation is 1. The number of hydrogen-bond acceptors (Lipinski definition) is 4. The largest absolute Gasteiger partial charge is 0.462 e. The summed E-state index contributed by atoms with van der Waals surface area (Å²) in [7, 11) is 0. The maximum atomic E-state index is 12.0. The van der Waals surface area contributed by atoms with Crippen molar-refractivity contribution >= 4 is 23.5 Å². The van der Waals surface area contributed by atoms with Crippen LogP contribution in [0.5, 0.6) is 0 Å². The molecule has 1 unspecified atom stereocenters. The Morgan fingerprint density at radius 1 is 1.50 bits per heavy atom.